The number of hydrazone groups is 1. The minimum absolute atomic E-state index is 0.0290. The highest BCUT2D eigenvalue weighted by atomic mass is 16.6. The molecule has 168 valence electrons. The number of nitrogen functional groups attached to an aromatic ring is 1. The Labute approximate surface area is 185 Å². The lowest BCUT2D eigenvalue weighted by atomic mass is 9.90. The number of nitrogens with one attached hydrogen (secondary N) is 1. The van der Waals surface area contributed by atoms with E-state index < -0.39 is 5.91 Å². The molecule has 4 rings (SSSR count). The SMILES string of the molecule is CCCOc1ccc(-c2c(C(=O)N/N=C\C3CCCCC3)nnn2-c2nonc2N)cc1. The third-order valence-corrected chi connectivity index (χ3v) is 5.28. The predicted octanol–water partition coefficient (Wildman–Crippen LogP) is 2.98. The lowest BCUT2D eigenvalue weighted by Crippen LogP contribution is -2.20. The van der Waals surface area contributed by atoms with E-state index in [1.165, 1.54) is 23.9 Å². The van der Waals surface area contributed by atoms with Gasteiger partial charge in [0.15, 0.2) is 5.69 Å². The number of nitrogens with zero attached hydrogens (tertiary/aromatic N) is 6. The van der Waals surface area contributed by atoms with Crippen molar-refractivity contribution in [2.75, 3.05) is 12.3 Å². The van der Waals surface area contributed by atoms with Gasteiger partial charge in [0.25, 0.3) is 5.91 Å². The molecule has 1 fully saturated rings. The van der Waals surface area contributed by atoms with Crippen LogP contribution in [0.15, 0.2) is 34.0 Å². The quantitative estimate of drug-likeness (QED) is 0.403. The number of anilines is 1. The molecule has 0 atom stereocenters. The van der Waals surface area contributed by atoms with Crippen LogP contribution in [0.1, 0.15) is 55.9 Å². The van der Waals surface area contributed by atoms with Crippen molar-refractivity contribution in [3.8, 4) is 22.8 Å². The highest BCUT2D eigenvalue weighted by Crippen LogP contribution is 2.28. The van der Waals surface area contributed by atoms with Crippen LogP contribution in [-0.2, 0) is 0 Å². The molecule has 1 aliphatic rings. The molecule has 1 amide bonds. The third kappa shape index (κ3) is 4.76. The largest absolute Gasteiger partial charge is 0.494 e. The Morgan fingerprint density at radius 2 is 2.06 bits per heavy atom. The van der Waals surface area contributed by atoms with E-state index in [1.54, 1.807) is 6.21 Å². The van der Waals surface area contributed by atoms with E-state index in [0.717, 1.165) is 25.0 Å². The average Bonchev–Trinajstić information content (AvgIpc) is 3.44. The van der Waals surface area contributed by atoms with Gasteiger partial charge in [0.05, 0.1) is 6.61 Å². The van der Waals surface area contributed by atoms with Crippen molar-refractivity contribution in [3.05, 3.63) is 30.0 Å². The molecular formula is C21H26N8O3. The highest BCUT2D eigenvalue weighted by Gasteiger charge is 2.25. The van der Waals surface area contributed by atoms with Crippen molar-refractivity contribution >= 4 is 17.9 Å². The normalized spacial score (nSPS) is 14.7. The van der Waals surface area contributed by atoms with Crippen LogP contribution in [0.25, 0.3) is 17.1 Å². The van der Waals surface area contributed by atoms with Crippen LogP contribution < -0.4 is 15.9 Å². The van der Waals surface area contributed by atoms with Gasteiger partial charge >= 0.3 is 0 Å². The van der Waals surface area contributed by atoms with Gasteiger partial charge in [-0.15, -0.1) is 5.10 Å². The standard InChI is InChI=1S/C21H26N8O3/c1-2-12-31-16-10-8-15(9-11-16)18-17(24-28-29(18)20-19(22)26-32-27-20)21(30)25-23-13-14-6-4-3-5-7-14/h8-11,13-14H,2-7,12H2,1H3,(H2,22,26)(H,25,30)/b23-13-. The van der Waals surface area contributed by atoms with Crippen LogP contribution in [0.4, 0.5) is 5.82 Å². The van der Waals surface area contributed by atoms with Gasteiger partial charge in [-0.25, -0.2) is 10.1 Å². The van der Waals surface area contributed by atoms with E-state index in [4.69, 9.17) is 15.1 Å². The molecule has 1 aliphatic carbocycles. The van der Waals surface area contributed by atoms with Crippen molar-refractivity contribution in [2.24, 2.45) is 11.0 Å². The van der Waals surface area contributed by atoms with E-state index in [2.05, 4.69) is 31.2 Å². The molecule has 3 N–H and O–H groups in total. The van der Waals surface area contributed by atoms with E-state index >= 15 is 0 Å². The number of carbonyl (C=O) groups is 1. The van der Waals surface area contributed by atoms with E-state index in [0.29, 0.717) is 23.8 Å². The molecule has 1 saturated carbocycles. The van der Waals surface area contributed by atoms with Gasteiger partial charge in [0.1, 0.15) is 11.4 Å². The Bertz CT molecular complexity index is 1070. The molecule has 0 spiro atoms. The van der Waals surface area contributed by atoms with Crippen molar-refractivity contribution in [1.82, 2.24) is 30.7 Å². The molecule has 32 heavy (non-hydrogen) atoms. The number of aromatic nitrogens is 5. The predicted molar refractivity (Wildman–Crippen MR) is 117 cm³/mol. The summed E-state index contributed by atoms with van der Waals surface area (Å²) in [4.78, 5) is 12.9. The van der Waals surface area contributed by atoms with Gasteiger partial charge in [-0.3, -0.25) is 4.79 Å². The Balaban J connectivity index is 1.62. The Morgan fingerprint density at radius 3 is 2.75 bits per heavy atom. The van der Waals surface area contributed by atoms with E-state index in [-0.39, 0.29) is 17.3 Å². The molecular weight excluding hydrogens is 412 g/mol. The summed E-state index contributed by atoms with van der Waals surface area (Å²) in [6.45, 7) is 2.66. The minimum atomic E-state index is -0.486. The number of rotatable bonds is 8. The molecule has 2 aromatic heterocycles. The fraction of sp³-hybridized carbons (Fsp3) is 0.429. The zero-order chi connectivity index (χ0) is 22.3. The van der Waals surface area contributed by atoms with Gasteiger partial charge in [-0.1, -0.05) is 31.4 Å². The van der Waals surface area contributed by atoms with Crippen molar-refractivity contribution in [2.45, 2.75) is 45.4 Å². The van der Waals surface area contributed by atoms with Crippen LogP contribution in [0.5, 0.6) is 5.75 Å². The summed E-state index contributed by atoms with van der Waals surface area (Å²) in [6.07, 6.45) is 8.52. The summed E-state index contributed by atoms with van der Waals surface area (Å²) in [5.41, 5.74) is 9.55. The zero-order valence-corrected chi connectivity index (χ0v) is 17.9. The lowest BCUT2D eigenvalue weighted by Gasteiger charge is -2.16. The van der Waals surface area contributed by atoms with Gasteiger partial charge in [-0.2, -0.15) is 9.78 Å². The number of carbonyl (C=O) groups excluding carboxylic acids is 1. The Kier molecular flexibility index (Phi) is 6.73. The summed E-state index contributed by atoms with van der Waals surface area (Å²) in [7, 11) is 0. The summed E-state index contributed by atoms with van der Waals surface area (Å²) >= 11 is 0. The van der Waals surface area contributed by atoms with Gasteiger partial charge in [-0.05, 0) is 59.8 Å². The Morgan fingerprint density at radius 1 is 1.28 bits per heavy atom. The number of hydrogen-bond acceptors (Lipinski definition) is 9. The fourth-order valence-electron chi connectivity index (χ4n) is 3.65. The fourth-order valence-corrected chi connectivity index (χ4v) is 3.65. The second kappa shape index (κ2) is 10.0. The summed E-state index contributed by atoms with van der Waals surface area (Å²) in [6, 6.07) is 7.25. The second-order valence-electron chi connectivity index (χ2n) is 7.66. The molecule has 0 bridgehead atoms. The average molecular weight is 438 g/mol. The maximum absolute atomic E-state index is 12.9. The van der Waals surface area contributed by atoms with Crippen LogP contribution in [0.3, 0.4) is 0 Å². The van der Waals surface area contributed by atoms with Crippen LogP contribution in [0.2, 0.25) is 0 Å². The number of benzene rings is 1. The molecule has 2 heterocycles. The van der Waals surface area contributed by atoms with E-state index in [9.17, 15) is 4.79 Å². The summed E-state index contributed by atoms with van der Waals surface area (Å²) < 4.78 is 11.7. The topological polar surface area (TPSA) is 146 Å². The summed E-state index contributed by atoms with van der Waals surface area (Å²) in [5, 5.41) is 19.7. The lowest BCUT2D eigenvalue weighted by molar-refractivity contribution is 0.0950. The zero-order valence-electron chi connectivity index (χ0n) is 17.9. The number of nitrogens with two attached hydrogens (primary N) is 1. The molecule has 0 radical (unpaired) electrons. The van der Waals surface area contributed by atoms with Gasteiger partial charge < -0.3 is 10.5 Å². The second-order valence-corrected chi connectivity index (χ2v) is 7.66. The van der Waals surface area contributed by atoms with E-state index in [1.807, 2.05) is 31.2 Å². The molecule has 0 aliphatic heterocycles. The smallest absolute Gasteiger partial charge is 0.294 e. The first-order valence-electron chi connectivity index (χ1n) is 10.8. The molecule has 11 nitrogen and oxygen atoms in total. The minimum Gasteiger partial charge on any atom is -0.494 e. The third-order valence-electron chi connectivity index (χ3n) is 5.28. The van der Waals surface area contributed by atoms with Gasteiger partial charge in [0, 0.05) is 11.8 Å². The first kappa shape index (κ1) is 21.5. The maximum atomic E-state index is 12.9. The van der Waals surface area contributed by atoms with Crippen molar-refractivity contribution in [3.63, 3.8) is 0 Å². The summed E-state index contributed by atoms with van der Waals surface area (Å²) in [5.74, 6) is 0.792. The number of hydrogen-bond donors (Lipinski definition) is 2. The van der Waals surface area contributed by atoms with Crippen LogP contribution in [-0.4, -0.2) is 44.0 Å². The van der Waals surface area contributed by atoms with Crippen molar-refractivity contribution < 1.29 is 14.2 Å². The molecule has 11 heteroatoms. The van der Waals surface area contributed by atoms with Crippen LogP contribution in [0, 0.1) is 5.92 Å². The molecule has 3 aromatic rings. The number of ether oxygens (including phenoxy) is 1. The Hall–Kier alpha value is -3.76. The molecule has 1 aromatic carbocycles. The first-order chi connectivity index (χ1) is 15.7. The number of amides is 1. The molecule has 0 saturated heterocycles. The highest BCUT2D eigenvalue weighted by molar-refractivity contribution is 5.98. The monoisotopic (exact) mass is 438 g/mol. The van der Waals surface area contributed by atoms with Gasteiger partial charge in [0.2, 0.25) is 11.6 Å². The molecule has 0 unspecified atom stereocenters. The van der Waals surface area contributed by atoms with Crippen LogP contribution >= 0.6 is 0 Å². The first-order valence-corrected chi connectivity index (χ1v) is 10.8. The maximum Gasteiger partial charge on any atom is 0.294 e. The van der Waals surface area contributed by atoms with Crippen molar-refractivity contribution in [1.29, 1.82) is 0 Å².